The van der Waals surface area contributed by atoms with Crippen LogP contribution in [-0.2, 0) is 6.54 Å². The van der Waals surface area contributed by atoms with Gasteiger partial charge in [0.25, 0.3) is 0 Å². The second kappa shape index (κ2) is 5.39. The number of aromatic amines is 1. The Morgan fingerprint density at radius 2 is 2.17 bits per heavy atom. The first-order chi connectivity index (χ1) is 8.56. The molecule has 6 heteroatoms. The molecule has 0 aliphatic carbocycles. The minimum absolute atomic E-state index is 0.101. The summed E-state index contributed by atoms with van der Waals surface area (Å²) in [5, 5.41) is 4.01. The van der Waals surface area contributed by atoms with E-state index < -0.39 is 12.6 Å². The molecule has 0 aromatic carbocycles. The number of hydrogen-bond acceptors (Lipinski definition) is 2. The summed E-state index contributed by atoms with van der Waals surface area (Å²) in [5.41, 5.74) is 1.81. The summed E-state index contributed by atoms with van der Waals surface area (Å²) in [5.74, 6) is 0. The van der Waals surface area contributed by atoms with Crippen LogP contribution < -0.4 is 5.32 Å². The van der Waals surface area contributed by atoms with Crippen LogP contribution in [0.1, 0.15) is 18.4 Å². The van der Waals surface area contributed by atoms with Gasteiger partial charge in [0, 0.05) is 30.7 Å². The standard InChI is InChI=1S/C12H14F3N3/c13-12(14,15)4-2-5-16-7-9-8-18-11-10(9)3-1-6-17-11/h1,3,6,8,16H,2,4-5,7H2,(H,17,18). The van der Waals surface area contributed by atoms with Crippen molar-refractivity contribution in [3.8, 4) is 0 Å². The highest BCUT2D eigenvalue weighted by Gasteiger charge is 2.25. The van der Waals surface area contributed by atoms with Gasteiger partial charge in [-0.2, -0.15) is 13.2 Å². The average Bonchev–Trinajstić information content (AvgIpc) is 2.71. The minimum atomic E-state index is -4.06. The summed E-state index contributed by atoms with van der Waals surface area (Å²) in [6.07, 6.45) is -1.18. The molecule has 0 aliphatic rings. The molecular weight excluding hydrogens is 243 g/mol. The smallest absolute Gasteiger partial charge is 0.346 e. The van der Waals surface area contributed by atoms with Crippen molar-refractivity contribution in [1.29, 1.82) is 0 Å². The molecule has 2 N–H and O–H groups in total. The molecule has 2 aromatic heterocycles. The fourth-order valence-corrected chi connectivity index (χ4v) is 1.80. The van der Waals surface area contributed by atoms with E-state index in [2.05, 4.69) is 15.3 Å². The number of nitrogens with zero attached hydrogens (tertiary/aromatic N) is 1. The summed E-state index contributed by atoms with van der Waals surface area (Å²) in [7, 11) is 0. The zero-order valence-corrected chi connectivity index (χ0v) is 9.72. The molecule has 0 bridgehead atoms. The van der Waals surface area contributed by atoms with Gasteiger partial charge in [-0.1, -0.05) is 0 Å². The summed E-state index contributed by atoms with van der Waals surface area (Å²) < 4.78 is 35.8. The van der Waals surface area contributed by atoms with Crippen LogP contribution in [0.15, 0.2) is 24.5 Å². The summed E-state index contributed by atoms with van der Waals surface area (Å²) in [4.78, 5) is 7.17. The molecule has 0 radical (unpaired) electrons. The zero-order valence-electron chi connectivity index (χ0n) is 9.72. The van der Waals surface area contributed by atoms with E-state index in [0.717, 1.165) is 16.6 Å². The lowest BCUT2D eigenvalue weighted by Gasteiger charge is -2.06. The van der Waals surface area contributed by atoms with Gasteiger partial charge in [0.2, 0.25) is 0 Å². The van der Waals surface area contributed by atoms with Gasteiger partial charge >= 0.3 is 6.18 Å². The Bertz CT molecular complexity index is 504. The molecule has 0 spiro atoms. The van der Waals surface area contributed by atoms with Gasteiger partial charge in [-0.15, -0.1) is 0 Å². The number of hydrogen-bond donors (Lipinski definition) is 2. The highest BCUT2D eigenvalue weighted by molar-refractivity contribution is 5.79. The van der Waals surface area contributed by atoms with Crippen molar-refractivity contribution in [2.45, 2.75) is 25.6 Å². The predicted molar refractivity (Wildman–Crippen MR) is 63.1 cm³/mol. The van der Waals surface area contributed by atoms with Crippen LogP contribution in [0.3, 0.4) is 0 Å². The van der Waals surface area contributed by atoms with Gasteiger partial charge in [-0.25, -0.2) is 4.98 Å². The van der Waals surface area contributed by atoms with Crippen molar-refractivity contribution < 1.29 is 13.2 Å². The molecule has 98 valence electrons. The van der Waals surface area contributed by atoms with Crippen LogP contribution in [0, 0.1) is 0 Å². The van der Waals surface area contributed by atoms with E-state index in [-0.39, 0.29) is 6.42 Å². The van der Waals surface area contributed by atoms with Crippen LogP contribution >= 0.6 is 0 Å². The SMILES string of the molecule is FC(F)(F)CCCNCc1c[nH]c2ncccc12. The third-order valence-corrected chi connectivity index (χ3v) is 2.67. The Morgan fingerprint density at radius 3 is 2.94 bits per heavy atom. The van der Waals surface area contributed by atoms with Gasteiger partial charge in [-0.3, -0.25) is 0 Å². The molecule has 0 fully saturated rings. The molecular formula is C12H14F3N3. The van der Waals surface area contributed by atoms with E-state index >= 15 is 0 Å². The van der Waals surface area contributed by atoms with E-state index in [1.54, 1.807) is 6.20 Å². The maximum absolute atomic E-state index is 11.9. The lowest BCUT2D eigenvalue weighted by molar-refractivity contribution is -0.135. The zero-order chi connectivity index (χ0) is 13.0. The number of H-pyrrole nitrogens is 1. The molecule has 0 unspecified atom stereocenters. The fourth-order valence-electron chi connectivity index (χ4n) is 1.80. The Balaban J connectivity index is 1.80. The predicted octanol–water partition coefficient (Wildman–Crippen LogP) is 3.00. The van der Waals surface area contributed by atoms with Crippen LogP contribution in [-0.4, -0.2) is 22.7 Å². The van der Waals surface area contributed by atoms with Crippen molar-refractivity contribution in [3.05, 3.63) is 30.1 Å². The largest absolute Gasteiger partial charge is 0.389 e. The number of aromatic nitrogens is 2. The maximum Gasteiger partial charge on any atom is 0.389 e. The number of nitrogens with one attached hydrogen (secondary N) is 2. The van der Waals surface area contributed by atoms with Gasteiger partial charge < -0.3 is 10.3 Å². The Labute approximate surface area is 102 Å². The van der Waals surface area contributed by atoms with Crippen LogP contribution in [0.25, 0.3) is 11.0 Å². The fraction of sp³-hybridized carbons (Fsp3) is 0.417. The van der Waals surface area contributed by atoms with Crippen LogP contribution in [0.2, 0.25) is 0 Å². The van der Waals surface area contributed by atoms with E-state index in [0.29, 0.717) is 13.1 Å². The first kappa shape index (κ1) is 12.9. The lowest BCUT2D eigenvalue weighted by Crippen LogP contribution is -2.17. The number of pyridine rings is 1. The number of halogens is 3. The van der Waals surface area contributed by atoms with Crippen LogP contribution in [0.5, 0.6) is 0 Å². The van der Waals surface area contributed by atoms with Gasteiger partial charge in [0.1, 0.15) is 5.65 Å². The van der Waals surface area contributed by atoms with Crippen molar-refractivity contribution in [1.82, 2.24) is 15.3 Å². The van der Waals surface area contributed by atoms with E-state index in [1.165, 1.54) is 0 Å². The highest BCUT2D eigenvalue weighted by atomic mass is 19.4. The summed E-state index contributed by atoms with van der Waals surface area (Å²) in [6.45, 7) is 0.899. The first-order valence-corrected chi connectivity index (χ1v) is 5.75. The summed E-state index contributed by atoms with van der Waals surface area (Å²) in [6, 6.07) is 3.77. The monoisotopic (exact) mass is 257 g/mol. The third kappa shape index (κ3) is 3.46. The van der Waals surface area contributed by atoms with Gasteiger partial charge in [0.05, 0.1) is 0 Å². The molecule has 0 saturated heterocycles. The summed E-state index contributed by atoms with van der Waals surface area (Å²) >= 11 is 0. The molecule has 2 rings (SSSR count). The van der Waals surface area contributed by atoms with Crippen molar-refractivity contribution in [3.63, 3.8) is 0 Å². The molecule has 0 saturated carbocycles. The molecule has 2 aromatic rings. The molecule has 18 heavy (non-hydrogen) atoms. The lowest BCUT2D eigenvalue weighted by atomic mass is 10.2. The van der Waals surface area contributed by atoms with E-state index in [9.17, 15) is 13.2 Å². The quantitative estimate of drug-likeness (QED) is 0.808. The molecule has 0 aliphatic heterocycles. The molecule has 0 amide bonds. The van der Waals surface area contributed by atoms with Gasteiger partial charge in [0.15, 0.2) is 0 Å². The van der Waals surface area contributed by atoms with Crippen molar-refractivity contribution in [2.75, 3.05) is 6.54 Å². The third-order valence-electron chi connectivity index (χ3n) is 2.67. The highest BCUT2D eigenvalue weighted by Crippen LogP contribution is 2.21. The minimum Gasteiger partial charge on any atom is -0.346 e. The molecule has 3 nitrogen and oxygen atoms in total. The van der Waals surface area contributed by atoms with Crippen LogP contribution in [0.4, 0.5) is 13.2 Å². The van der Waals surface area contributed by atoms with Gasteiger partial charge in [-0.05, 0) is 30.7 Å². The van der Waals surface area contributed by atoms with E-state index in [1.807, 2.05) is 18.3 Å². The molecule has 0 atom stereocenters. The van der Waals surface area contributed by atoms with Crippen molar-refractivity contribution >= 4 is 11.0 Å². The Morgan fingerprint density at radius 1 is 1.33 bits per heavy atom. The number of alkyl halides is 3. The number of fused-ring (bicyclic) bond motifs is 1. The first-order valence-electron chi connectivity index (χ1n) is 5.75. The molecule has 2 heterocycles. The Kier molecular flexibility index (Phi) is 3.86. The normalized spacial score (nSPS) is 12.2. The second-order valence-electron chi connectivity index (χ2n) is 4.11. The Hall–Kier alpha value is -1.56. The van der Waals surface area contributed by atoms with E-state index in [4.69, 9.17) is 0 Å². The average molecular weight is 257 g/mol. The second-order valence-corrected chi connectivity index (χ2v) is 4.11. The number of rotatable bonds is 5. The van der Waals surface area contributed by atoms with Crippen molar-refractivity contribution in [2.24, 2.45) is 0 Å². The topological polar surface area (TPSA) is 40.7 Å². The maximum atomic E-state index is 11.9.